The molecule has 10 heteroatoms. The van der Waals surface area contributed by atoms with Crippen molar-refractivity contribution < 1.29 is 14.1 Å². The number of nitrogens with zero attached hydrogens (tertiary/aromatic N) is 3. The Balaban J connectivity index is 2.23. The van der Waals surface area contributed by atoms with Gasteiger partial charge in [0.1, 0.15) is 12.4 Å². The van der Waals surface area contributed by atoms with Crippen molar-refractivity contribution in [3.8, 4) is 5.75 Å². The first-order valence-corrected chi connectivity index (χ1v) is 6.42. The molecule has 0 saturated heterocycles. The van der Waals surface area contributed by atoms with Crippen LogP contribution in [0.4, 0.5) is 15.2 Å². The maximum absolute atomic E-state index is 13.4. The van der Waals surface area contributed by atoms with Gasteiger partial charge in [-0.25, -0.2) is 4.39 Å². The highest BCUT2D eigenvalue weighted by Gasteiger charge is 2.19. The van der Waals surface area contributed by atoms with Gasteiger partial charge in [-0.05, 0) is 15.9 Å². The Morgan fingerprint density at radius 1 is 1.53 bits per heavy atom. The average Bonchev–Trinajstić information content (AvgIpc) is 2.76. The number of ether oxygens (including phenoxy) is 1. The van der Waals surface area contributed by atoms with E-state index < -0.39 is 10.7 Å². The van der Waals surface area contributed by atoms with E-state index in [1.165, 1.54) is 0 Å². The Labute approximate surface area is 118 Å². The van der Waals surface area contributed by atoms with Crippen molar-refractivity contribution >= 4 is 38.1 Å². The molecule has 0 radical (unpaired) electrons. The average molecular weight is 349 g/mol. The van der Waals surface area contributed by atoms with Crippen LogP contribution in [0.25, 0.3) is 0 Å². The van der Waals surface area contributed by atoms with Crippen LogP contribution in [0.3, 0.4) is 0 Å². The van der Waals surface area contributed by atoms with Crippen molar-refractivity contribution in [2.75, 3.05) is 5.73 Å². The lowest BCUT2D eigenvalue weighted by molar-refractivity contribution is -0.386. The van der Waals surface area contributed by atoms with Gasteiger partial charge in [0.15, 0.2) is 5.01 Å². The molecule has 0 saturated carbocycles. The summed E-state index contributed by atoms with van der Waals surface area (Å²) in [6.45, 7) is -0.0726. The van der Waals surface area contributed by atoms with E-state index in [0.29, 0.717) is 5.01 Å². The van der Waals surface area contributed by atoms with Crippen molar-refractivity contribution in [3.63, 3.8) is 0 Å². The molecule has 0 bridgehead atoms. The third kappa shape index (κ3) is 3.15. The molecule has 1 aromatic carbocycles. The second-order valence-electron chi connectivity index (χ2n) is 3.31. The molecule has 0 amide bonds. The predicted octanol–water partition coefficient (Wildman–Crippen LogP) is 2.51. The number of benzene rings is 1. The van der Waals surface area contributed by atoms with E-state index in [4.69, 9.17) is 10.5 Å². The lowest BCUT2D eigenvalue weighted by Gasteiger charge is -2.05. The van der Waals surface area contributed by atoms with E-state index in [-0.39, 0.29) is 27.6 Å². The van der Waals surface area contributed by atoms with Gasteiger partial charge in [0, 0.05) is 12.1 Å². The molecule has 0 unspecified atom stereocenters. The van der Waals surface area contributed by atoms with Gasteiger partial charge in [0.25, 0.3) is 0 Å². The van der Waals surface area contributed by atoms with Gasteiger partial charge in [-0.2, -0.15) is 0 Å². The van der Waals surface area contributed by atoms with Crippen LogP contribution in [0.5, 0.6) is 5.75 Å². The summed E-state index contributed by atoms with van der Waals surface area (Å²) in [4.78, 5) is 10.2. The predicted molar refractivity (Wildman–Crippen MR) is 69.4 cm³/mol. The molecule has 0 spiro atoms. The number of nitrogen functional groups attached to an aromatic ring is 1. The monoisotopic (exact) mass is 348 g/mol. The van der Waals surface area contributed by atoms with Crippen molar-refractivity contribution in [2.45, 2.75) is 6.61 Å². The number of aromatic nitrogens is 2. The Hall–Kier alpha value is -1.81. The SMILES string of the molecule is Nc1nnc(COc2cc(F)c(Br)cc2[N+](=O)[O-])s1. The minimum Gasteiger partial charge on any atom is -0.479 e. The fourth-order valence-electron chi connectivity index (χ4n) is 1.24. The molecule has 0 aliphatic carbocycles. The zero-order chi connectivity index (χ0) is 14.0. The summed E-state index contributed by atoms with van der Waals surface area (Å²) >= 11 is 3.96. The third-order valence-electron chi connectivity index (χ3n) is 2.03. The van der Waals surface area contributed by atoms with Crippen LogP contribution in [0.15, 0.2) is 16.6 Å². The van der Waals surface area contributed by atoms with Crippen LogP contribution < -0.4 is 10.5 Å². The fourth-order valence-corrected chi connectivity index (χ4v) is 2.09. The number of nitro groups is 1. The molecule has 100 valence electrons. The van der Waals surface area contributed by atoms with Gasteiger partial charge in [0.2, 0.25) is 10.9 Å². The first-order chi connectivity index (χ1) is 8.97. The molecule has 0 aliphatic rings. The third-order valence-corrected chi connectivity index (χ3v) is 3.37. The summed E-state index contributed by atoms with van der Waals surface area (Å²) in [6, 6.07) is 1.98. The fraction of sp³-hybridized carbons (Fsp3) is 0.111. The van der Waals surface area contributed by atoms with E-state index >= 15 is 0 Å². The smallest absolute Gasteiger partial charge is 0.312 e. The van der Waals surface area contributed by atoms with E-state index in [0.717, 1.165) is 23.5 Å². The van der Waals surface area contributed by atoms with E-state index in [2.05, 4.69) is 26.1 Å². The standard InChI is InChI=1S/C9H6BrFN4O3S/c10-4-1-6(15(16)17)7(2-5(4)11)18-3-8-13-14-9(12)19-8/h1-2H,3H2,(H2,12,14). The van der Waals surface area contributed by atoms with Gasteiger partial charge in [-0.15, -0.1) is 10.2 Å². The zero-order valence-electron chi connectivity index (χ0n) is 9.17. The van der Waals surface area contributed by atoms with Crippen LogP contribution in [0, 0.1) is 15.9 Å². The number of hydrogen-bond donors (Lipinski definition) is 1. The Kier molecular flexibility index (Phi) is 3.90. The largest absolute Gasteiger partial charge is 0.479 e. The summed E-state index contributed by atoms with van der Waals surface area (Å²) in [5, 5.41) is 18.8. The molecule has 2 N–H and O–H groups in total. The van der Waals surface area contributed by atoms with Crippen molar-refractivity contribution in [1.82, 2.24) is 10.2 Å². The van der Waals surface area contributed by atoms with Crippen molar-refractivity contribution in [1.29, 1.82) is 0 Å². The van der Waals surface area contributed by atoms with Crippen molar-refractivity contribution in [2.24, 2.45) is 0 Å². The lowest BCUT2D eigenvalue weighted by Crippen LogP contribution is -2.00. The number of nitrogens with two attached hydrogens (primary N) is 1. The van der Waals surface area contributed by atoms with Crippen LogP contribution in [0.1, 0.15) is 5.01 Å². The van der Waals surface area contributed by atoms with Crippen molar-refractivity contribution in [3.05, 3.63) is 37.5 Å². The summed E-state index contributed by atoms with van der Waals surface area (Å²) in [6.07, 6.45) is 0. The minimum absolute atomic E-state index is 0.00768. The van der Waals surface area contributed by atoms with Gasteiger partial charge in [-0.1, -0.05) is 11.3 Å². The number of nitro benzene ring substituents is 1. The number of hydrogen-bond acceptors (Lipinski definition) is 7. The van der Waals surface area contributed by atoms with Gasteiger partial charge in [-0.3, -0.25) is 10.1 Å². The van der Waals surface area contributed by atoms with Crippen LogP contribution in [-0.2, 0) is 6.61 Å². The quantitative estimate of drug-likeness (QED) is 0.672. The normalized spacial score (nSPS) is 10.4. The van der Waals surface area contributed by atoms with E-state index in [9.17, 15) is 14.5 Å². The minimum atomic E-state index is -0.659. The summed E-state index contributed by atoms with van der Waals surface area (Å²) in [5.74, 6) is -0.836. The summed E-state index contributed by atoms with van der Waals surface area (Å²) < 4.78 is 18.5. The first-order valence-electron chi connectivity index (χ1n) is 4.81. The molecular weight excluding hydrogens is 343 g/mol. The topological polar surface area (TPSA) is 104 Å². The molecule has 2 rings (SSSR count). The zero-order valence-corrected chi connectivity index (χ0v) is 11.6. The van der Waals surface area contributed by atoms with Crippen LogP contribution in [-0.4, -0.2) is 15.1 Å². The molecule has 1 heterocycles. The van der Waals surface area contributed by atoms with Gasteiger partial charge >= 0.3 is 5.69 Å². The molecule has 0 atom stereocenters. The maximum Gasteiger partial charge on any atom is 0.312 e. The summed E-state index contributed by atoms with van der Waals surface area (Å²) in [5.41, 5.74) is 5.04. The van der Waals surface area contributed by atoms with E-state index in [1.807, 2.05) is 0 Å². The van der Waals surface area contributed by atoms with Crippen LogP contribution >= 0.6 is 27.3 Å². The van der Waals surface area contributed by atoms with Gasteiger partial charge < -0.3 is 10.5 Å². The Morgan fingerprint density at radius 3 is 2.84 bits per heavy atom. The second-order valence-corrected chi connectivity index (χ2v) is 5.26. The highest BCUT2D eigenvalue weighted by Crippen LogP contribution is 2.33. The molecule has 1 aromatic heterocycles. The molecule has 19 heavy (non-hydrogen) atoms. The first kappa shape index (κ1) is 13.6. The maximum atomic E-state index is 13.4. The number of anilines is 1. The highest BCUT2D eigenvalue weighted by atomic mass is 79.9. The summed E-state index contributed by atoms with van der Waals surface area (Å²) in [7, 11) is 0. The Morgan fingerprint density at radius 2 is 2.26 bits per heavy atom. The van der Waals surface area contributed by atoms with E-state index in [1.54, 1.807) is 0 Å². The highest BCUT2D eigenvalue weighted by molar-refractivity contribution is 9.10. The molecule has 0 fully saturated rings. The van der Waals surface area contributed by atoms with Gasteiger partial charge in [0.05, 0.1) is 9.40 Å². The number of rotatable bonds is 4. The molecule has 7 nitrogen and oxygen atoms in total. The molecule has 0 aliphatic heterocycles. The second kappa shape index (κ2) is 5.45. The van der Waals surface area contributed by atoms with Crippen LogP contribution in [0.2, 0.25) is 0 Å². The lowest BCUT2D eigenvalue weighted by atomic mass is 10.3. The molecule has 2 aromatic rings. The Bertz CT molecular complexity index is 636. The molecular formula is C9H6BrFN4O3S. The number of halogens is 2.